The Labute approximate surface area is 182 Å². The van der Waals surface area contributed by atoms with E-state index in [4.69, 9.17) is 16.3 Å². The van der Waals surface area contributed by atoms with Crippen molar-refractivity contribution in [2.75, 3.05) is 10.6 Å². The van der Waals surface area contributed by atoms with Crippen LogP contribution in [-0.4, -0.2) is 23.9 Å². The Morgan fingerprint density at radius 2 is 1.47 bits per heavy atom. The molecule has 0 aliphatic heterocycles. The summed E-state index contributed by atoms with van der Waals surface area (Å²) in [4.78, 5) is 37.4. The van der Waals surface area contributed by atoms with Crippen LogP contribution in [0.15, 0.2) is 60.7 Å². The van der Waals surface area contributed by atoms with E-state index in [2.05, 4.69) is 10.6 Å². The highest BCUT2D eigenvalue weighted by Crippen LogP contribution is 2.23. The quantitative estimate of drug-likeness (QED) is 0.495. The Balaban J connectivity index is 1.70. The molecule has 1 heterocycles. The smallest absolute Gasteiger partial charge is 0.338 e. The number of esters is 1. The Bertz CT molecular complexity index is 1090. The molecule has 0 spiro atoms. The van der Waals surface area contributed by atoms with Gasteiger partial charge in [-0.1, -0.05) is 23.7 Å². The van der Waals surface area contributed by atoms with Crippen molar-refractivity contribution in [2.45, 2.75) is 20.0 Å². The normalized spacial score (nSPS) is 10.5. The van der Waals surface area contributed by atoms with E-state index in [1.807, 2.05) is 0 Å². The molecule has 0 bridgehead atoms. The van der Waals surface area contributed by atoms with E-state index in [9.17, 15) is 14.4 Å². The van der Waals surface area contributed by atoms with Gasteiger partial charge in [0.2, 0.25) is 0 Å². The van der Waals surface area contributed by atoms with Gasteiger partial charge in [0.1, 0.15) is 0 Å². The number of benzene rings is 2. The Kier molecular flexibility index (Phi) is 6.87. The lowest BCUT2D eigenvalue weighted by Crippen LogP contribution is -2.15. The zero-order valence-electron chi connectivity index (χ0n) is 16.3. The predicted molar refractivity (Wildman–Crippen MR) is 119 cm³/mol. The molecule has 0 fully saturated rings. The van der Waals surface area contributed by atoms with Gasteiger partial charge in [-0.15, -0.1) is 11.3 Å². The highest BCUT2D eigenvalue weighted by Gasteiger charge is 2.13. The number of amides is 2. The average molecular weight is 443 g/mol. The minimum Gasteiger partial charge on any atom is -0.459 e. The van der Waals surface area contributed by atoms with E-state index in [0.717, 1.165) is 0 Å². The molecule has 2 amide bonds. The lowest BCUT2D eigenvalue weighted by Gasteiger charge is -2.10. The molecule has 8 heteroatoms. The van der Waals surface area contributed by atoms with Crippen molar-refractivity contribution < 1.29 is 19.1 Å². The van der Waals surface area contributed by atoms with Crippen LogP contribution in [0.5, 0.6) is 0 Å². The first-order chi connectivity index (χ1) is 14.3. The lowest BCUT2D eigenvalue weighted by atomic mass is 10.1. The molecule has 2 N–H and O–H groups in total. The fraction of sp³-hybridized carbons (Fsp3) is 0.136. The minimum atomic E-state index is -0.459. The van der Waals surface area contributed by atoms with Crippen LogP contribution in [-0.2, 0) is 4.74 Å². The molecular formula is C22H19ClN2O4S. The summed E-state index contributed by atoms with van der Waals surface area (Å²) in [6.07, 6.45) is -0.237. The summed E-state index contributed by atoms with van der Waals surface area (Å²) >= 11 is 7.03. The zero-order chi connectivity index (χ0) is 21.7. The third kappa shape index (κ3) is 5.68. The maximum absolute atomic E-state index is 12.6. The van der Waals surface area contributed by atoms with E-state index < -0.39 is 5.97 Å². The number of hydrogen-bond acceptors (Lipinski definition) is 5. The van der Waals surface area contributed by atoms with Crippen molar-refractivity contribution in [3.05, 3.63) is 81.0 Å². The molecule has 0 atom stereocenters. The van der Waals surface area contributed by atoms with Crippen molar-refractivity contribution >= 4 is 52.1 Å². The summed E-state index contributed by atoms with van der Waals surface area (Å²) < 4.78 is 5.69. The first kappa shape index (κ1) is 21.5. The Hall–Kier alpha value is -3.16. The number of nitrogens with one attached hydrogen (secondary N) is 2. The number of ether oxygens (including phenoxy) is 1. The largest absolute Gasteiger partial charge is 0.459 e. The minimum absolute atomic E-state index is 0.237. The second-order valence-corrected chi connectivity index (χ2v) is 8.34. The molecule has 0 radical (unpaired) electrons. The fourth-order valence-corrected chi connectivity index (χ4v) is 3.51. The number of carbonyl (C=O) groups is 3. The standard InChI is InChI=1S/C22H19ClN2O4S/c1-13(2)29-22(28)15-6-4-8-17(12-15)24-20(26)14-5-3-7-16(11-14)25-21(27)18-9-10-19(23)30-18/h3-13H,1-2H3,(H,24,26)(H,25,27). The third-order valence-electron chi connectivity index (χ3n) is 3.88. The summed E-state index contributed by atoms with van der Waals surface area (Å²) in [6.45, 7) is 3.53. The van der Waals surface area contributed by atoms with E-state index in [-0.39, 0.29) is 17.9 Å². The summed E-state index contributed by atoms with van der Waals surface area (Å²) in [5.74, 6) is -1.14. The topological polar surface area (TPSA) is 84.5 Å². The maximum Gasteiger partial charge on any atom is 0.338 e. The Morgan fingerprint density at radius 1 is 0.867 bits per heavy atom. The number of carbonyl (C=O) groups excluding carboxylic acids is 3. The van der Waals surface area contributed by atoms with Crippen molar-refractivity contribution in [2.24, 2.45) is 0 Å². The molecular weight excluding hydrogens is 424 g/mol. The van der Waals surface area contributed by atoms with Gasteiger partial charge >= 0.3 is 5.97 Å². The van der Waals surface area contributed by atoms with E-state index in [1.165, 1.54) is 11.3 Å². The summed E-state index contributed by atoms with van der Waals surface area (Å²) in [6, 6.07) is 16.3. The van der Waals surface area contributed by atoms with Crippen molar-refractivity contribution in [1.82, 2.24) is 0 Å². The van der Waals surface area contributed by atoms with Crippen molar-refractivity contribution in [3.8, 4) is 0 Å². The molecule has 6 nitrogen and oxygen atoms in total. The molecule has 154 valence electrons. The number of anilines is 2. The van der Waals surface area contributed by atoms with E-state index in [0.29, 0.717) is 31.7 Å². The van der Waals surface area contributed by atoms with Crippen LogP contribution in [0.1, 0.15) is 44.2 Å². The van der Waals surface area contributed by atoms with Crippen LogP contribution < -0.4 is 10.6 Å². The van der Waals surface area contributed by atoms with Crippen LogP contribution in [0.2, 0.25) is 4.34 Å². The van der Waals surface area contributed by atoms with Gasteiger partial charge in [0, 0.05) is 16.9 Å². The number of rotatable bonds is 6. The highest BCUT2D eigenvalue weighted by atomic mass is 35.5. The highest BCUT2D eigenvalue weighted by molar-refractivity contribution is 7.18. The Morgan fingerprint density at radius 3 is 2.07 bits per heavy atom. The fourth-order valence-electron chi connectivity index (χ4n) is 2.58. The zero-order valence-corrected chi connectivity index (χ0v) is 17.8. The van der Waals surface area contributed by atoms with Crippen molar-refractivity contribution in [1.29, 1.82) is 0 Å². The molecule has 0 saturated heterocycles. The van der Waals surface area contributed by atoms with Gasteiger partial charge in [0.05, 0.1) is 20.9 Å². The van der Waals surface area contributed by atoms with Gasteiger partial charge in [0.15, 0.2) is 0 Å². The SMILES string of the molecule is CC(C)OC(=O)c1cccc(NC(=O)c2cccc(NC(=O)c3ccc(Cl)s3)c2)c1. The predicted octanol–water partition coefficient (Wildman–Crippen LogP) is 5.47. The molecule has 0 saturated carbocycles. The van der Waals surface area contributed by atoms with Crippen LogP contribution in [0.3, 0.4) is 0 Å². The van der Waals surface area contributed by atoms with Gasteiger partial charge in [-0.2, -0.15) is 0 Å². The first-order valence-electron chi connectivity index (χ1n) is 9.11. The molecule has 0 unspecified atom stereocenters. The van der Waals surface area contributed by atoms with Crippen LogP contribution in [0, 0.1) is 0 Å². The van der Waals surface area contributed by atoms with Crippen LogP contribution in [0.4, 0.5) is 11.4 Å². The number of thiophene rings is 1. The summed E-state index contributed by atoms with van der Waals surface area (Å²) in [5, 5.41) is 5.49. The molecule has 1 aromatic heterocycles. The van der Waals surface area contributed by atoms with Gasteiger partial charge in [-0.3, -0.25) is 9.59 Å². The molecule has 3 rings (SSSR count). The monoisotopic (exact) mass is 442 g/mol. The van der Waals surface area contributed by atoms with E-state index in [1.54, 1.807) is 74.5 Å². The third-order valence-corrected chi connectivity index (χ3v) is 5.11. The molecule has 0 aliphatic carbocycles. The molecule has 3 aromatic rings. The molecule has 2 aromatic carbocycles. The first-order valence-corrected chi connectivity index (χ1v) is 10.3. The maximum atomic E-state index is 12.6. The van der Waals surface area contributed by atoms with Gasteiger partial charge in [0.25, 0.3) is 11.8 Å². The summed E-state index contributed by atoms with van der Waals surface area (Å²) in [7, 11) is 0. The lowest BCUT2D eigenvalue weighted by molar-refractivity contribution is 0.0377. The average Bonchev–Trinajstić information content (AvgIpc) is 3.14. The summed E-state index contributed by atoms with van der Waals surface area (Å²) in [5.41, 5.74) is 1.64. The van der Waals surface area contributed by atoms with Gasteiger partial charge < -0.3 is 15.4 Å². The molecule has 30 heavy (non-hydrogen) atoms. The van der Waals surface area contributed by atoms with E-state index >= 15 is 0 Å². The number of hydrogen-bond donors (Lipinski definition) is 2. The van der Waals surface area contributed by atoms with Crippen molar-refractivity contribution in [3.63, 3.8) is 0 Å². The second kappa shape index (κ2) is 9.56. The van der Waals surface area contributed by atoms with Gasteiger partial charge in [-0.05, 0) is 62.4 Å². The number of halogens is 1. The van der Waals surface area contributed by atoms with Crippen LogP contribution in [0.25, 0.3) is 0 Å². The second-order valence-electron chi connectivity index (χ2n) is 6.63. The molecule has 0 aliphatic rings. The van der Waals surface area contributed by atoms with Gasteiger partial charge in [-0.25, -0.2) is 4.79 Å². The van der Waals surface area contributed by atoms with Crippen LogP contribution >= 0.6 is 22.9 Å².